The molecule has 11 heteroatoms. The first-order chi connectivity index (χ1) is 17.4. The molecule has 36 heavy (non-hydrogen) atoms. The Balaban J connectivity index is 1.49. The van der Waals surface area contributed by atoms with Gasteiger partial charge in [0, 0.05) is 16.3 Å². The smallest absolute Gasteiger partial charge is 0.250 e. The number of hydrazone groups is 1. The molecule has 0 saturated carbocycles. The molecule has 0 aliphatic carbocycles. The van der Waals surface area contributed by atoms with Crippen molar-refractivity contribution >= 4 is 51.4 Å². The topological polar surface area (TPSA) is 102 Å². The van der Waals surface area contributed by atoms with Gasteiger partial charge in [-0.15, -0.1) is 10.2 Å². The van der Waals surface area contributed by atoms with E-state index in [-0.39, 0.29) is 17.4 Å². The summed E-state index contributed by atoms with van der Waals surface area (Å²) in [5, 5.41) is 23.8. The van der Waals surface area contributed by atoms with Crippen molar-refractivity contribution in [1.82, 2.24) is 20.2 Å². The lowest BCUT2D eigenvalue weighted by atomic mass is 10.2. The Hall–Kier alpha value is -3.34. The normalized spacial score (nSPS) is 11.1. The van der Waals surface area contributed by atoms with Crippen LogP contribution in [0, 0.1) is 6.92 Å². The number of nitrogens with zero attached hydrogens (tertiary/aromatic N) is 4. The van der Waals surface area contributed by atoms with Gasteiger partial charge in [0.15, 0.2) is 22.5 Å². The van der Waals surface area contributed by atoms with Crippen LogP contribution in [0.5, 0.6) is 11.5 Å². The molecule has 1 amide bonds. The molecule has 1 aromatic heterocycles. The second-order valence-corrected chi connectivity index (χ2v) is 9.85. The minimum absolute atomic E-state index is 0.00857. The third-order valence-corrected chi connectivity index (χ3v) is 6.82. The van der Waals surface area contributed by atoms with Gasteiger partial charge < -0.3 is 9.84 Å². The lowest BCUT2D eigenvalue weighted by Gasteiger charge is -2.10. The second-order valence-electron chi connectivity index (χ2n) is 7.62. The van der Waals surface area contributed by atoms with Crippen molar-refractivity contribution in [3.05, 3.63) is 81.3 Å². The number of carbonyl (C=O) groups is 1. The Bertz CT molecular complexity index is 1410. The summed E-state index contributed by atoms with van der Waals surface area (Å²) in [5.74, 6) is 0.686. The van der Waals surface area contributed by atoms with Gasteiger partial charge in [-0.2, -0.15) is 5.10 Å². The minimum Gasteiger partial charge on any atom is -0.503 e. The van der Waals surface area contributed by atoms with Gasteiger partial charge in [0.05, 0.1) is 23.5 Å². The summed E-state index contributed by atoms with van der Waals surface area (Å²) in [6, 6.07) is 18.6. The zero-order valence-corrected chi connectivity index (χ0v) is 22.4. The number of aromatic nitrogens is 3. The molecule has 184 valence electrons. The van der Waals surface area contributed by atoms with E-state index in [9.17, 15) is 9.90 Å². The highest BCUT2D eigenvalue weighted by molar-refractivity contribution is 9.10. The number of methoxy groups -OCH3 is 1. The summed E-state index contributed by atoms with van der Waals surface area (Å²) in [6.07, 6.45) is 1.46. The van der Waals surface area contributed by atoms with Gasteiger partial charge >= 0.3 is 0 Å². The van der Waals surface area contributed by atoms with Crippen molar-refractivity contribution in [3.63, 3.8) is 0 Å². The van der Waals surface area contributed by atoms with Crippen LogP contribution in [0.2, 0.25) is 5.02 Å². The number of benzene rings is 3. The summed E-state index contributed by atoms with van der Waals surface area (Å²) >= 11 is 10.6. The van der Waals surface area contributed by atoms with Crippen LogP contribution in [0.4, 0.5) is 0 Å². The summed E-state index contributed by atoms with van der Waals surface area (Å²) < 4.78 is 7.48. The fourth-order valence-corrected chi connectivity index (χ4v) is 4.57. The summed E-state index contributed by atoms with van der Waals surface area (Å²) in [7, 11) is 1.45. The van der Waals surface area contributed by atoms with Crippen molar-refractivity contribution in [3.8, 4) is 28.6 Å². The molecular formula is C25H21BrClN5O3S. The van der Waals surface area contributed by atoms with Gasteiger partial charge in [-0.1, -0.05) is 41.1 Å². The Morgan fingerprint density at radius 2 is 1.92 bits per heavy atom. The molecule has 0 fully saturated rings. The molecule has 0 spiro atoms. The molecule has 0 aliphatic rings. The van der Waals surface area contributed by atoms with E-state index in [1.54, 1.807) is 24.3 Å². The van der Waals surface area contributed by atoms with E-state index in [2.05, 4.69) is 36.7 Å². The van der Waals surface area contributed by atoms with Crippen molar-refractivity contribution < 1.29 is 14.6 Å². The zero-order chi connectivity index (χ0) is 25.7. The van der Waals surface area contributed by atoms with Crippen molar-refractivity contribution in [2.45, 2.75) is 12.1 Å². The van der Waals surface area contributed by atoms with Gasteiger partial charge in [-0.3, -0.25) is 9.36 Å². The molecule has 0 bridgehead atoms. The quantitative estimate of drug-likeness (QED) is 0.158. The van der Waals surface area contributed by atoms with E-state index in [0.29, 0.717) is 31.8 Å². The van der Waals surface area contributed by atoms with E-state index in [1.807, 2.05) is 47.9 Å². The SMILES string of the molecule is COc1cc(/C=N\NC(=O)CSc2nnc(-c3ccc(Cl)cc3)n2-c2ccc(C)cc2)cc(Br)c1O. The number of phenols is 1. The van der Waals surface area contributed by atoms with Crippen LogP contribution in [0.25, 0.3) is 17.1 Å². The molecule has 3 aromatic carbocycles. The third-order valence-electron chi connectivity index (χ3n) is 5.03. The van der Waals surface area contributed by atoms with Crippen molar-refractivity contribution in [2.24, 2.45) is 5.10 Å². The fraction of sp³-hybridized carbons (Fsp3) is 0.120. The largest absolute Gasteiger partial charge is 0.503 e. The molecule has 0 radical (unpaired) electrons. The maximum atomic E-state index is 12.5. The first-order valence-electron chi connectivity index (χ1n) is 10.7. The van der Waals surface area contributed by atoms with E-state index in [0.717, 1.165) is 16.8 Å². The number of carbonyl (C=O) groups excluding carboxylic acids is 1. The molecule has 0 atom stereocenters. The number of nitrogens with one attached hydrogen (secondary N) is 1. The molecule has 2 N–H and O–H groups in total. The van der Waals surface area contributed by atoms with Crippen LogP contribution in [0.15, 0.2) is 75.4 Å². The molecular weight excluding hydrogens is 566 g/mol. The first-order valence-corrected chi connectivity index (χ1v) is 12.8. The maximum Gasteiger partial charge on any atom is 0.250 e. The number of aryl methyl sites for hydroxylation is 1. The summed E-state index contributed by atoms with van der Waals surface area (Å²) in [6.45, 7) is 2.02. The van der Waals surface area contributed by atoms with Gasteiger partial charge in [0.2, 0.25) is 0 Å². The average Bonchev–Trinajstić information content (AvgIpc) is 3.29. The predicted octanol–water partition coefficient (Wildman–Crippen LogP) is 5.62. The lowest BCUT2D eigenvalue weighted by molar-refractivity contribution is -0.118. The van der Waals surface area contributed by atoms with Gasteiger partial charge in [0.25, 0.3) is 5.91 Å². The maximum absolute atomic E-state index is 12.5. The molecule has 4 rings (SSSR count). The average molecular weight is 587 g/mol. The van der Waals surface area contributed by atoms with E-state index in [4.69, 9.17) is 16.3 Å². The number of phenolic OH excluding ortho intramolecular Hbond substituents is 1. The Labute approximate surface area is 225 Å². The van der Waals surface area contributed by atoms with Gasteiger partial charge in [-0.25, -0.2) is 5.43 Å². The molecule has 0 unspecified atom stereocenters. The standard InChI is InChI=1S/C25H21BrClN5O3S/c1-15-3-9-19(10-4-15)32-24(17-5-7-18(27)8-6-17)30-31-25(32)36-14-22(33)29-28-13-16-11-20(26)23(34)21(12-16)35-2/h3-13,34H,14H2,1-2H3,(H,29,33)/b28-13-. The predicted molar refractivity (Wildman–Crippen MR) is 145 cm³/mol. The first kappa shape index (κ1) is 25.7. The number of aromatic hydroxyl groups is 1. The molecule has 0 aliphatic heterocycles. The van der Waals surface area contributed by atoms with E-state index >= 15 is 0 Å². The van der Waals surface area contributed by atoms with Crippen molar-refractivity contribution in [2.75, 3.05) is 12.9 Å². The van der Waals surface area contributed by atoms with Crippen LogP contribution in [0.3, 0.4) is 0 Å². The zero-order valence-electron chi connectivity index (χ0n) is 19.3. The van der Waals surface area contributed by atoms with Crippen LogP contribution in [-0.4, -0.2) is 44.9 Å². The number of hydrogen-bond acceptors (Lipinski definition) is 7. The molecule has 0 saturated heterocycles. The summed E-state index contributed by atoms with van der Waals surface area (Å²) in [5.41, 5.74) is 6.00. The number of amides is 1. The fourth-order valence-electron chi connectivity index (χ4n) is 3.24. The Morgan fingerprint density at radius 3 is 2.61 bits per heavy atom. The highest BCUT2D eigenvalue weighted by Gasteiger charge is 2.17. The highest BCUT2D eigenvalue weighted by atomic mass is 79.9. The Morgan fingerprint density at radius 1 is 1.19 bits per heavy atom. The number of rotatable bonds is 8. The minimum atomic E-state index is -0.312. The second kappa shape index (κ2) is 11.6. The van der Waals surface area contributed by atoms with Gasteiger partial charge in [-0.05, 0) is 76.9 Å². The Kier molecular flexibility index (Phi) is 8.29. The van der Waals surface area contributed by atoms with Gasteiger partial charge in [0.1, 0.15) is 0 Å². The van der Waals surface area contributed by atoms with Crippen LogP contribution in [-0.2, 0) is 4.79 Å². The lowest BCUT2D eigenvalue weighted by Crippen LogP contribution is -2.20. The third kappa shape index (κ3) is 6.07. The highest BCUT2D eigenvalue weighted by Crippen LogP contribution is 2.34. The van der Waals surface area contributed by atoms with Crippen molar-refractivity contribution in [1.29, 1.82) is 0 Å². The van der Waals surface area contributed by atoms with E-state index < -0.39 is 0 Å². The molecule has 1 heterocycles. The van der Waals surface area contributed by atoms with Crippen LogP contribution >= 0.6 is 39.3 Å². The van der Waals surface area contributed by atoms with Crippen LogP contribution < -0.4 is 10.2 Å². The monoisotopic (exact) mass is 585 g/mol. The van der Waals surface area contributed by atoms with Crippen LogP contribution in [0.1, 0.15) is 11.1 Å². The summed E-state index contributed by atoms with van der Waals surface area (Å²) in [4.78, 5) is 12.5. The number of halogens is 2. The molecule has 8 nitrogen and oxygen atoms in total. The number of ether oxygens (including phenoxy) is 1. The number of hydrogen-bond donors (Lipinski definition) is 2. The molecule has 4 aromatic rings. The number of thioether (sulfide) groups is 1. The van der Waals surface area contributed by atoms with E-state index in [1.165, 1.54) is 25.1 Å².